The number of rotatable bonds is 6. The molecule has 6 unspecified atom stereocenters. The van der Waals surface area contributed by atoms with Crippen molar-refractivity contribution in [2.75, 3.05) is 0 Å². The van der Waals surface area contributed by atoms with Gasteiger partial charge in [-0.15, -0.1) is 0 Å². The quantitative estimate of drug-likeness (QED) is 0.690. The summed E-state index contributed by atoms with van der Waals surface area (Å²) in [5.41, 5.74) is 3.27. The Morgan fingerprint density at radius 3 is 2.50 bits per heavy atom. The molecule has 0 spiro atoms. The molecule has 4 rings (SSSR count). The molecule has 6 atom stereocenters. The third kappa shape index (κ3) is 4.08. The van der Waals surface area contributed by atoms with Gasteiger partial charge in [0.1, 0.15) is 6.10 Å². The molecular formula is C27H31NO4. The number of carbonyl (C=O) groups is 3. The van der Waals surface area contributed by atoms with E-state index in [2.05, 4.69) is 24.4 Å². The Hall–Kier alpha value is -2.95. The Bertz CT molecular complexity index is 1020. The molecule has 2 heterocycles. The second-order valence-electron chi connectivity index (χ2n) is 9.50. The van der Waals surface area contributed by atoms with E-state index in [1.807, 2.05) is 51.1 Å². The van der Waals surface area contributed by atoms with Crippen LogP contribution >= 0.6 is 0 Å². The summed E-state index contributed by atoms with van der Waals surface area (Å²) >= 11 is 0. The Kier molecular flexibility index (Phi) is 6.18. The number of Topliss-reactive ketones (excluding diaryl/α,β-unsaturated/α-hetero) is 1. The zero-order valence-electron chi connectivity index (χ0n) is 19.1. The first-order chi connectivity index (χ1) is 15.3. The van der Waals surface area contributed by atoms with Crippen LogP contribution in [0.2, 0.25) is 0 Å². The van der Waals surface area contributed by atoms with Crippen LogP contribution in [0.25, 0.3) is 0 Å². The predicted octanol–water partition coefficient (Wildman–Crippen LogP) is 3.95. The molecule has 0 radical (unpaired) electrons. The van der Waals surface area contributed by atoms with Crippen LogP contribution in [0.3, 0.4) is 0 Å². The summed E-state index contributed by atoms with van der Waals surface area (Å²) in [7, 11) is 0. The van der Waals surface area contributed by atoms with Crippen molar-refractivity contribution in [2.24, 2.45) is 23.7 Å². The first-order valence-corrected chi connectivity index (χ1v) is 11.5. The number of amides is 1. The van der Waals surface area contributed by atoms with Gasteiger partial charge in [-0.25, -0.2) is 4.79 Å². The molecule has 168 valence electrons. The molecule has 2 aliphatic heterocycles. The third-order valence-corrected chi connectivity index (χ3v) is 7.30. The van der Waals surface area contributed by atoms with Gasteiger partial charge in [-0.2, -0.15) is 0 Å². The molecule has 0 aromatic heterocycles. The van der Waals surface area contributed by atoms with Crippen molar-refractivity contribution in [3.05, 3.63) is 70.8 Å². The van der Waals surface area contributed by atoms with Crippen LogP contribution in [0.4, 0.5) is 0 Å². The average Bonchev–Trinajstić information content (AvgIpc) is 3.27. The summed E-state index contributed by atoms with van der Waals surface area (Å²) in [5.74, 6) is -0.346. The van der Waals surface area contributed by atoms with Gasteiger partial charge in [-0.3, -0.25) is 9.59 Å². The minimum absolute atomic E-state index is 0.00782. The van der Waals surface area contributed by atoms with Gasteiger partial charge in [-0.05, 0) is 36.8 Å². The van der Waals surface area contributed by atoms with Crippen LogP contribution in [0.1, 0.15) is 39.7 Å². The maximum Gasteiger partial charge on any atom is 0.331 e. The number of nitrogens with one attached hydrogen (secondary N) is 1. The molecule has 0 bridgehead atoms. The lowest BCUT2D eigenvalue weighted by molar-refractivity contribution is -0.140. The monoisotopic (exact) mass is 433 g/mol. The molecular weight excluding hydrogens is 402 g/mol. The minimum Gasteiger partial charge on any atom is -0.454 e. The van der Waals surface area contributed by atoms with E-state index >= 15 is 0 Å². The van der Waals surface area contributed by atoms with E-state index in [-0.39, 0.29) is 53.5 Å². The highest BCUT2D eigenvalue weighted by atomic mass is 16.5. The first kappa shape index (κ1) is 22.3. The Morgan fingerprint density at radius 2 is 1.84 bits per heavy atom. The highest BCUT2D eigenvalue weighted by Gasteiger charge is 2.48. The number of ketones is 1. The molecule has 1 aromatic rings. The molecule has 1 saturated heterocycles. The van der Waals surface area contributed by atoms with E-state index in [0.29, 0.717) is 17.6 Å². The van der Waals surface area contributed by atoms with Crippen molar-refractivity contribution in [2.45, 2.75) is 52.7 Å². The number of hydrogen-bond donors (Lipinski definition) is 1. The lowest BCUT2D eigenvalue weighted by Crippen LogP contribution is -2.39. The van der Waals surface area contributed by atoms with Crippen LogP contribution in [0, 0.1) is 23.7 Å². The molecule has 5 heteroatoms. The van der Waals surface area contributed by atoms with Crippen molar-refractivity contribution in [1.82, 2.24) is 5.32 Å². The van der Waals surface area contributed by atoms with Crippen molar-refractivity contribution < 1.29 is 19.1 Å². The lowest BCUT2D eigenvalue weighted by Gasteiger charge is -2.34. The third-order valence-electron chi connectivity index (χ3n) is 7.30. The summed E-state index contributed by atoms with van der Waals surface area (Å²) in [5, 5.41) is 3.15. The summed E-state index contributed by atoms with van der Waals surface area (Å²) < 4.78 is 5.38. The molecule has 1 N–H and O–H groups in total. The lowest BCUT2D eigenvalue weighted by atomic mass is 9.68. The number of cyclic esters (lactones) is 1. The predicted molar refractivity (Wildman–Crippen MR) is 122 cm³/mol. The van der Waals surface area contributed by atoms with E-state index < -0.39 is 0 Å². The van der Waals surface area contributed by atoms with Crippen LogP contribution < -0.4 is 5.32 Å². The fourth-order valence-corrected chi connectivity index (χ4v) is 5.37. The van der Waals surface area contributed by atoms with Gasteiger partial charge in [0, 0.05) is 41.0 Å². The van der Waals surface area contributed by atoms with Gasteiger partial charge in [0.2, 0.25) is 5.91 Å². The van der Waals surface area contributed by atoms with Gasteiger partial charge in [0.25, 0.3) is 0 Å². The number of fused-ring (bicyclic) bond motifs is 1. The van der Waals surface area contributed by atoms with Gasteiger partial charge >= 0.3 is 5.97 Å². The molecule has 1 aliphatic carbocycles. The number of esters is 1. The molecule has 1 amide bonds. The standard InChI is InChI=1S/C27H31NO4/c1-15(26-16(2)13-22(29)32-26)9-8-12-20-24-23(17(3)18(4)25(20)30)21(28-27(24)31)14-19-10-6-5-7-11-19/h5-8,10-13,15,17-18,21,23,26H,9,14H2,1-4H3,(H,28,31). The second kappa shape index (κ2) is 8.89. The van der Waals surface area contributed by atoms with Crippen molar-refractivity contribution in [3.8, 4) is 0 Å². The first-order valence-electron chi connectivity index (χ1n) is 11.5. The normalized spacial score (nSPS) is 30.9. The van der Waals surface area contributed by atoms with E-state index in [0.717, 1.165) is 12.0 Å². The van der Waals surface area contributed by atoms with E-state index in [1.165, 1.54) is 11.6 Å². The second-order valence-corrected chi connectivity index (χ2v) is 9.50. The smallest absolute Gasteiger partial charge is 0.331 e. The van der Waals surface area contributed by atoms with Crippen molar-refractivity contribution >= 4 is 17.7 Å². The molecule has 32 heavy (non-hydrogen) atoms. The maximum atomic E-state index is 13.1. The zero-order chi connectivity index (χ0) is 23.0. The maximum absolute atomic E-state index is 13.1. The van der Waals surface area contributed by atoms with Gasteiger partial charge in [0.15, 0.2) is 5.78 Å². The zero-order valence-corrected chi connectivity index (χ0v) is 19.1. The summed E-state index contributed by atoms with van der Waals surface area (Å²) in [6.07, 6.45) is 6.47. The van der Waals surface area contributed by atoms with E-state index in [4.69, 9.17) is 4.74 Å². The van der Waals surface area contributed by atoms with Crippen molar-refractivity contribution in [1.29, 1.82) is 0 Å². The van der Waals surface area contributed by atoms with Gasteiger partial charge < -0.3 is 10.1 Å². The van der Waals surface area contributed by atoms with E-state index in [1.54, 1.807) is 0 Å². The van der Waals surface area contributed by atoms with Gasteiger partial charge in [-0.1, -0.05) is 63.3 Å². The Labute approximate surface area is 189 Å². The van der Waals surface area contributed by atoms with Crippen LogP contribution in [-0.4, -0.2) is 29.8 Å². The number of carbonyl (C=O) groups excluding carboxylic acids is 3. The largest absolute Gasteiger partial charge is 0.454 e. The number of benzene rings is 1. The van der Waals surface area contributed by atoms with E-state index in [9.17, 15) is 14.4 Å². The number of ether oxygens (including phenoxy) is 1. The minimum atomic E-state index is -0.298. The fourth-order valence-electron chi connectivity index (χ4n) is 5.37. The molecule has 5 nitrogen and oxygen atoms in total. The summed E-state index contributed by atoms with van der Waals surface area (Å²) in [4.78, 5) is 37.6. The average molecular weight is 434 g/mol. The van der Waals surface area contributed by atoms with Crippen LogP contribution in [-0.2, 0) is 25.5 Å². The summed E-state index contributed by atoms with van der Waals surface area (Å²) in [6, 6.07) is 10.1. The molecule has 0 saturated carbocycles. The molecule has 3 aliphatic rings. The Morgan fingerprint density at radius 1 is 1.12 bits per heavy atom. The highest BCUT2D eigenvalue weighted by Crippen LogP contribution is 2.43. The topological polar surface area (TPSA) is 72.5 Å². The number of hydrogen-bond acceptors (Lipinski definition) is 4. The van der Waals surface area contributed by atoms with Crippen LogP contribution in [0.15, 0.2) is 65.3 Å². The molecule has 1 aromatic carbocycles. The number of allylic oxidation sites excluding steroid dienone is 3. The summed E-state index contributed by atoms with van der Waals surface area (Å²) in [6.45, 7) is 7.97. The SMILES string of the molecule is CC1=CC(=O)OC1C(C)CC=CC1=C2C(=O)NC(Cc3ccccc3)C2C(C)C(C)C1=O. The van der Waals surface area contributed by atoms with Crippen molar-refractivity contribution in [3.63, 3.8) is 0 Å². The van der Waals surface area contributed by atoms with Crippen LogP contribution in [0.5, 0.6) is 0 Å². The Balaban J connectivity index is 1.57. The van der Waals surface area contributed by atoms with Gasteiger partial charge in [0.05, 0.1) is 0 Å². The highest BCUT2D eigenvalue weighted by molar-refractivity contribution is 6.11. The molecule has 1 fully saturated rings. The fraction of sp³-hybridized carbons (Fsp3) is 0.444.